The Kier molecular flexibility index (Phi) is 5.12. The molecule has 0 radical (unpaired) electrons. The van der Waals surface area contributed by atoms with E-state index >= 15 is 0 Å². The Bertz CT molecular complexity index is 680. The molecule has 0 atom stereocenters. The summed E-state index contributed by atoms with van der Waals surface area (Å²) < 4.78 is 5.05. The average molecular weight is 302 g/mol. The van der Waals surface area contributed by atoms with Crippen LogP contribution in [-0.2, 0) is 4.74 Å². The predicted molar refractivity (Wildman–Crippen MR) is 85.3 cm³/mol. The maximum Gasteiger partial charge on any atom is 0.340 e. The van der Waals surface area contributed by atoms with Crippen LogP contribution in [0.15, 0.2) is 36.4 Å². The molecular weight excluding hydrogens is 286 g/mol. The first kappa shape index (κ1) is 15.3. The maximum atomic E-state index is 11.9. The third-order valence-corrected chi connectivity index (χ3v) is 3.23. The van der Waals surface area contributed by atoms with E-state index in [2.05, 4.69) is 4.98 Å². The zero-order valence-electron chi connectivity index (χ0n) is 12.0. The lowest BCUT2D eigenvalue weighted by Gasteiger charge is -2.06. The number of aryl methyl sites for hydroxylation is 1. The number of benzene rings is 1. The summed E-state index contributed by atoms with van der Waals surface area (Å²) in [6.45, 7) is 3.99. The second-order valence-corrected chi connectivity index (χ2v) is 4.87. The SMILES string of the molecule is CCOC(=O)c1ccc(C)nc1C=Cc1ccccc1Cl. The third kappa shape index (κ3) is 3.92. The van der Waals surface area contributed by atoms with Crippen molar-refractivity contribution in [3.8, 4) is 0 Å². The normalized spacial score (nSPS) is 10.8. The van der Waals surface area contributed by atoms with Gasteiger partial charge in [-0.3, -0.25) is 4.98 Å². The van der Waals surface area contributed by atoms with Crippen LogP contribution < -0.4 is 0 Å². The van der Waals surface area contributed by atoms with Crippen LogP contribution in [0, 0.1) is 6.92 Å². The van der Waals surface area contributed by atoms with Crippen LogP contribution in [0.2, 0.25) is 5.02 Å². The summed E-state index contributed by atoms with van der Waals surface area (Å²) in [6, 6.07) is 11.0. The number of hydrogen-bond acceptors (Lipinski definition) is 3. The maximum absolute atomic E-state index is 11.9. The van der Waals surface area contributed by atoms with Crippen molar-refractivity contribution < 1.29 is 9.53 Å². The van der Waals surface area contributed by atoms with Crippen molar-refractivity contribution in [3.63, 3.8) is 0 Å². The summed E-state index contributed by atoms with van der Waals surface area (Å²) in [6.07, 6.45) is 3.62. The molecule has 0 fully saturated rings. The van der Waals surface area contributed by atoms with Crippen molar-refractivity contribution in [3.05, 3.63) is 63.9 Å². The lowest BCUT2D eigenvalue weighted by Crippen LogP contribution is -2.08. The van der Waals surface area contributed by atoms with Crippen molar-refractivity contribution in [2.24, 2.45) is 0 Å². The van der Waals surface area contributed by atoms with Gasteiger partial charge in [0.1, 0.15) is 0 Å². The first-order valence-corrected chi connectivity index (χ1v) is 7.07. The van der Waals surface area contributed by atoms with Crippen LogP contribution in [0.5, 0.6) is 0 Å². The second kappa shape index (κ2) is 7.04. The summed E-state index contributed by atoms with van der Waals surface area (Å²) in [5.41, 5.74) is 2.73. The largest absolute Gasteiger partial charge is 0.462 e. The van der Waals surface area contributed by atoms with E-state index in [-0.39, 0.29) is 5.97 Å². The van der Waals surface area contributed by atoms with E-state index in [0.29, 0.717) is 22.9 Å². The minimum Gasteiger partial charge on any atom is -0.462 e. The highest BCUT2D eigenvalue weighted by atomic mass is 35.5. The highest BCUT2D eigenvalue weighted by Gasteiger charge is 2.12. The highest BCUT2D eigenvalue weighted by molar-refractivity contribution is 6.32. The Morgan fingerprint density at radius 3 is 2.71 bits per heavy atom. The van der Waals surface area contributed by atoms with Gasteiger partial charge in [-0.25, -0.2) is 4.79 Å². The summed E-state index contributed by atoms with van der Waals surface area (Å²) in [4.78, 5) is 16.3. The molecule has 1 aromatic heterocycles. The van der Waals surface area contributed by atoms with E-state index < -0.39 is 0 Å². The Morgan fingerprint density at radius 2 is 2.00 bits per heavy atom. The molecule has 3 nitrogen and oxygen atoms in total. The predicted octanol–water partition coefficient (Wildman–Crippen LogP) is 4.39. The lowest BCUT2D eigenvalue weighted by molar-refractivity contribution is 0.0525. The fourth-order valence-corrected chi connectivity index (χ4v) is 2.06. The van der Waals surface area contributed by atoms with Crippen molar-refractivity contribution in [2.75, 3.05) is 6.61 Å². The van der Waals surface area contributed by atoms with Crippen molar-refractivity contribution >= 4 is 29.7 Å². The van der Waals surface area contributed by atoms with E-state index in [1.54, 1.807) is 25.1 Å². The van der Waals surface area contributed by atoms with Gasteiger partial charge in [0.15, 0.2) is 0 Å². The molecule has 1 heterocycles. The molecule has 108 valence electrons. The molecular formula is C17H16ClNO2. The molecule has 0 saturated heterocycles. The van der Waals surface area contributed by atoms with Crippen LogP contribution in [0.25, 0.3) is 12.2 Å². The molecule has 1 aromatic carbocycles. The van der Waals surface area contributed by atoms with Crippen molar-refractivity contribution in [1.82, 2.24) is 4.98 Å². The Balaban J connectivity index is 2.37. The number of carbonyl (C=O) groups is 1. The van der Waals surface area contributed by atoms with Gasteiger partial charge in [0.2, 0.25) is 0 Å². The second-order valence-electron chi connectivity index (χ2n) is 4.46. The molecule has 0 bridgehead atoms. The number of esters is 1. The molecule has 0 N–H and O–H groups in total. The number of halogens is 1. The number of ether oxygens (including phenoxy) is 1. The van der Waals surface area contributed by atoms with Gasteiger partial charge in [-0.1, -0.05) is 35.9 Å². The van der Waals surface area contributed by atoms with E-state index in [1.165, 1.54) is 0 Å². The van der Waals surface area contributed by atoms with Crippen LogP contribution >= 0.6 is 11.6 Å². The Labute approximate surface area is 129 Å². The van der Waals surface area contributed by atoms with Crippen molar-refractivity contribution in [2.45, 2.75) is 13.8 Å². The third-order valence-electron chi connectivity index (χ3n) is 2.89. The molecule has 0 amide bonds. The molecule has 0 aliphatic carbocycles. The molecule has 4 heteroatoms. The van der Waals surface area contributed by atoms with Gasteiger partial charge >= 0.3 is 5.97 Å². The van der Waals surface area contributed by atoms with Crippen LogP contribution in [-0.4, -0.2) is 17.6 Å². The molecule has 2 aromatic rings. The van der Waals surface area contributed by atoms with Crippen LogP contribution in [0.1, 0.15) is 34.2 Å². The Morgan fingerprint density at radius 1 is 1.24 bits per heavy atom. The monoisotopic (exact) mass is 301 g/mol. The van der Waals surface area contributed by atoms with E-state index in [1.807, 2.05) is 37.3 Å². The number of rotatable bonds is 4. The van der Waals surface area contributed by atoms with E-state index in [4.69, 9.17) is 16.3 Å². The molecule has 0 saturated carbocycles. The molecule has 0 aliphatic heterocycles. The minimum atomic E-state index is -0.371. The van der Waals surface area contributed by atoms with Gasteiger partial charge in [-0.2, -0.15) is 0 Å². The minimum absolute atomic E-state index is 0.334. The summed E-state index contributed by atoms with van der Waals surface area (Å²) >= 11 is 6.11. The van der Waals surface area contributed by atoms with Crippen molar-refractivity contribution in [1.29, 1.82) is 0 Å². The standard InChI is InChI=1S/C17H16ClNO2/c1-3-21-17(20)14-10-8-12(2)19-16(14)11-9-13-6-4-5-7-15(13)18/h4-11H,3H2,1-2H3. The lowest BCUT2D eigenvalue weighted by atomic mass is 10.1. The van der Waals surface area contributed by atoms with Gasteiger partial charge in [0.05, 0.1) is 17.9 Å². The first-order chi connectivity index (χ1) is 10.1. The summed E-state index contributed by atoms with van der Waals surface area (Å²) in [5.74, 6) is -0.371. The smallest absolute Gasteiger partial charge is 0.340 e. The zero-order valence-corrected chi connectivity index (χ0v) is 12.7. The van der Waals surface area contributed by atoms with Crippen LogP contribution in [0.3, 0.4) is 0 Å². The zero-order chi connectivity index (χ0) is 15.2. The molecule has 0 aliphatic rings. The highest BCUT2D eigenvalue weighted by Crippen LogP contribution is 2.19. The van der Waals surface area contributed by atoms with Gasteiger partial charge < -0.3 is 4.74 Å². The molecule has 2 rings (SSSR count). The van der Waals surface area contributed by atoms with E-state index in [9.17, 15) is 4.79 Å². The number of carbonyl (C=O) groups excluding carboxylic acids is 1. The Hall–Kier alpha value is -2.13. The van der Waals surface area contributed by atoms with Gasteiger partial charge in [-0.15, -0.1) is 0 Å². The van der Waals surface area contributed by atoms with E-state index in [0.717, 1.165) is 11.3 Å². The first-order valence-electron chi connectivity index (χ1n) is 6.69. The van der Waals surface area contributed by atoms with Gasteiger partial charge in [0, 0.05) is 10.7 Å². The number of hydrogen-bond donors (Lipinski definition) is 0. The van der Waals surface area contributed by atoms with Gasteiger partial charge in [-0.05, 0) is 43.7 Å². The summed E-state index contributed by atoms with van der Waals surface area (Å²) in [7, 11) is 0. The van der Waals surface area contributed by atoms with Crippen LogP contribution in [0.4, 0.5) is 0 Å². The van der Waals surface area contributed by atoms with Gasteiger partial charge in [0.25, 0.3) is 0 Å². The fourth-order valence-electron chi connectivity index (χ4n) is 1.86. The topological polar surface area (TPSA) is 39.2 Å². The number of aromatic nitrogens is 1. The average Bonchev–Trinajstić information content (AvgIpc) is 2.46. The molecule has 21 heavy (non-hydrogen) atoms. The number of nitrogens with zero attached hydrogens (tertiary/aromatic N) is 1. The molecule has 0 spiro atoms. The fraction of sp³-hybridized carbons (Fsp3) is 0.176. The summed E-state index contributed by atoms with van der Waals surface area (Å²) in [5, 5.41) is 0.652. The molecule has 0 unspecified atom stereocenters. The quantitative estimate of drug-likeness (QED) is 0.786. The number of pyridine rings is 1.